The molecular weight excluding hydrogens is 284 g/mol. The van der Waals surface area contributed by atoms with Gasteiger partial charge in [0.15, 0.2) is 11.5 Å². The van der Waals surface area contributed by atoms with Crippen molar-refractivity contribution in [2.45, 2.75) is 13.3 Å². The van der Waals surface area contributed by atoms with E-state index in [1.807, 2.05) is 30.3 Å². The van der Waals surface area contributed by atoms with Crippen molar-refractivity contribution in [3.05, 3.63) is 47.9 Å². The lowest BCUT2D eigenvalue weighted by molar-refractivity contribution is 0.0128. The van der Waals surface area contributed by atoms with Crippen LogP contribution in [0.2, 0.25) is 0 Å². The fourth-order valence-electron chi connectivity index (χ4n) is 1.91. The number of benzene rings is 1. The second-order valence-corrected chi connectivity index (χ2v) is 4.60. The lowest BCUT2D eigenvalue weighted by Crippen LogP contribution is -2.23. The number of carbonyl (C=O) groups is 1. The van der Waals surface area contributed by atoms with Crippen LogP contribution in [0.4, 0.5) is 5.82 Å². The summed E-state index contributed by atoms with van der Waals surface area (Å²) in [5.74, 6) is -0.109. The van der Waals surface area contributed by atoms with Crippen molar-refractivity contribution in [1.29, 1.82) is 0 Å². The molecule has 1 heterocycles. The number of rotatable bonds is 8. The van der Waals surface area contributed by atoms with Gasteiger partial charge >= 0.3 is 0 Å². The van der Waals surface area contributed by atoms with Gasteiger partial charge in [-0.15, -0.1) is 0 Å². The summed E-state index contributed by atoms with van der Waals surface area (Å²) in [5, 5.41) is 2.52. The summed E-state index contributed by atoms with van der Waals surface area (Å²) in [6.45, 7) is 1.62. The predicted octanol–water partition coefficient (Wildman–Crippen LogP) is 1.02. The molecule has 0 aliphatic carbocycles. The first-order valence-corrected chi connectivity index (χ1v) is 6.94. The molecule has 2 rings (SSSR count). The van der Waals surface area contributed by atoms with Gasteiger partial charge in [-0.2, -0.15) is 0 Å². The first-order chi connectivity index (χ1) is 10.7. The van der Waals surface area contributed by atoms with Gasteiger partial charge in [-0.1, -0.05) is 30.3 Å². The van der Waals surface area contributed by atoms with Gasteiger partial charge in [-0.25, -0.2) is 4.98 Å². The molecule has 0 spiro atoms. The van der Waals surface area contributed by atoms with E-state index in [1.165, 1.54) is 13.4 Å². The van der Waals surface area contributed by atoms with Gasteiger partial charge in [0.2, 0.25) is 0 Å². The largest absolute Gasteiger partial charge is 0.382 e. The zero-order valence-electron chi connectivity index (χ0n) is 12.5. The number of carbonyl (C=O) groups excluding carboxylic acids is 1. The highest BCUT2D eigenvalue weighted by Gasteiger charge is 2.15. The van der Waals surface area contributed by atoms with Gasteiger partial charge in [-0.3, -0.25) is 4.79 Å². The Labute approximate surface area is 129 Å². The second-order valence-electron chi connectivity index (χ2n) is 4.60. The van der Waals surface area contributed by atoms with E-state index in [-0.39, 0.29) is 18.5 Å². The molecule has 7 nitrogen and oxygen atoms in total. The number of imidazole rings is 1. The van der Waals surface area contributed by atoms with Crippen LogP contribution >= 0.6 is 0 Å². The Kier molecular flexibility index (Phi) is 5.93. The number of nitrogen functional groups attached to an aromatic ring is 1. The molecule has 1 amide bonds. The first-order valence-electron chi connectivity index (χ1n) is 6.94. The SMILES string of the molecule is CNC(=O)c1c(N)ncn1COCCOCc1ccccc1. The molecule has 1 aromatic carbocycles. The maximum absolute atomic E-state index is 11.7. The molecule has 0 bridgehead atoms. The molecule has 0 saturated heterocycles. The number of nitrogens with zero attached hydrogens (tertiary/aromatic N) is 2. The summed E-state index contributed by atoms with van der Waals surface area (Å²) in [5.41, 5.74) is 7.08. The summed E-state index contributed by atoms with van der Waals surface area (Å²) in [6.07, 6.45) is 1.48. The maximum Gasteiger partial charge on any atom is 0.271 e. The third-order valence-electron chi connectivity index (χ3n) is 3.02. The summed E-state index contributed by atoms with van der Waals surface area (Å²) in [7, 11) is 1.54. The molecule has 0 radical (unpaired) electrons. The minimum Gasteiger partial charge on any atom is -0.382 e. The minimum atomic E-state index is -0.293. The number of hydrogen-bond donors (Lipinski definition) is 2. The van der Waals surface area contributed by atoms with Crippen molar-refractivity contribution in [3.8, 4) is 0 Å². The zero-order chi connectivity index (χ0) is 15.8. The summed E-state index contributed by atoms with van der Waals surface area (Å²) in [4.78, 5) is 15.6. The van der Waals surface area contributed by atoms with E-state index in [9.17, 15) is 4.79 Å². The molecule has 22 heavy (non-hydrogen) atoms. The van der Waals surface area contributed by atoms with Gasteiger partial charge in [-0.05, 0) is 5.56 Å². The van der Waals surface area contributed by atoms with E-state index in [2.05, 4.69) is 10.3 Å². The van der Waals surface area contributed by atoms with Crippen molar-refractivity contribution in [3.63, 3.8) is 0 Å². The molecule has 0 aliphatic heterocycles. The normalized spacial score (nSPS) is 10.6. The molecular formula is C15H20N4O3. The molecule has 3 N–H and O–H groups in total. The van der Waals surface area contributed by atoms with Crippen molar-refractivity contribution in [2.24, 2.45) is 0 Å². The molecule has 1 aromatic heterocycles. The highest BCUT2D eigenvalue weighted by atomic mass is 16.5. The maximum atomic E-state index is 11.7. The number of ether oxygens (including phenoxy) is 2. The van der Waals surface area contributed by atoms with Crippen LogP contribution in [0.25, 0.3) is 0 Å². The van der Waals surface area contributed by atoms with Crippen LogP contribution in [0.3, 0.4) is 0 Å². The van der Waals surface area contributed by atoms with Crippen molar-refractivity contribution in [1.82, 2.24) is 14.9 Å². The van der Waals surface area contributed by atoms with E-state index < -0.39 is 0 Å². The number of amides is 1. The van der Waals surface area contributed by atoms with E-state index in [4.69, 9.17) is 15.2 Å². The van der Waals surface area contributed by atoms with Gasteiger partial charge in [0, 0.05) is 7.05 Å². The van der Waals surface area contributed by atoms with Crippen LogP contribution in [0, 0.1) is 0 Å². The monoisotopic (exact) mass is 304 g/mol. The van der Waals surface area contributed by atoms with Crippen molar-refractivity contribution < 1.29 is 14.3 Å². The first kappa shape index (κ1) is 16.0. The fourth-order valence-corrected chi connectivity index (χ4v) is 1.91. The van der Waals surface area contributed by atoms with E-state index in [1.54, 1.807) is 4.57 Å². The Morgan fingerprint density at radius 3 is 2.73 bits per heavy atom. The van der Waals surface area contributed by atoms with Crippen LogP contribution in [0.1, 0.15) is 16.1 Å². The zero-order valence-corrected chi connectivity index (χ0v) is 12.5. The number of anilines is 1. The lowest BCUT2D eigenvalue weighted by Gasteiger charge is -2.09. The summed E-state index contributed by atoms with van der Waals surface area (Å²) < 4.78 is 12.5. The van der Waals surface area contributed by atoms with Crippen molar-refractivity contribution in [2.75, 3.05) is 26.0 Å². The van der Waals surface area contributed by atoms with Crippen molar-refractivity contribution >= 4 is 11.7 Å². The second kappa shape index (κ2) is 8.16. The van der Waals surface area contributed by atoms with Gasteiger partial charge < -0.3 is 25.1 Å². The highest BCUT2D eigenvalue weighted by molar-refractivity contribution is 5.96. The van der Waals surface area contributed by atoms with Crippen LogP contribution in [0.5, 0.6) is 0 Å². The van der Waals surface area contributed by atoms with E-state index in [0.29, 0.717) is 25.5 Å². The predicted molar refractivity (Wildman–Crippen MR) is 82.1 cm³/mol. The molecule has 0 unspecified atom stereocenters. The molecule has 118 valence electrons. The number of aromatic nitrogens is 2. The van der Waals surface area contributed by atoms with Crippen LogP contribution in [-0.4, -0.2) is 35.7 Å². The molecule has 0 aliphatic rings. The third kappa shape index (κ3) is 4.31. The fraction of sp³-hybridized carbons (Fsp3) is 0.333. The van der Waals surface area contributed by atoms with Crippen LogP contribution < -0.4 is 11.1 Å². The van der Waals surface area contributed by atoms with Gasteiger partial charge in [0.1, 0.15) is 6.73 Å². The Hall–Kier alpha value is -2.38. The minimum absolute atomic E-state index is 0.184. The summed E-state index contributed by atoms with van der Waals surface area (Å²) in [6, 6.07) is 9.92. The Balaban J connectivity index is 1.70. The standard InChI is InChI=1S/C15H20N4O3/c1-17-15(20)13-14(16)18-10-19(13)11-22-8-7-21-9-12-5-3-2-4-6-12/h2-6,10H,7-9,11,16H2,1H3,(H,17,20). The molecule has 7 heteroatoms. The van der Waals surface area contributed by atoms with Gasteiger partial charge in [0.05, 0.1) is 26.1 Å². The van der Waals surface area contributed by atoms with Crippen LogP contribution in [-0.2, 0) is 22.8 Å². The molecule has 0 saturated carbocycles. The lowest BCUT2D eigenvalue weighted by atomic mass is 10.2. The molecule has 0 atom stereocenters. The number of nitrogens with one attached hydrogen (secondary N) is 1. The highest BCUT2D eigenvalue weighted by Crippen LogP contribution is 2.09. The van der Waals surface area contributed by atoms with Crippen LogP contribution in [0.15, 0.2) is 36.7 Å². The summed E-state index contributed by atoms with van der Waals surface area (Å²) >= 11 is 0. The molecule has 0 fully saturated rings. The number of nitrogens with two attached hydrogens (primary N) is 1. The van der Waals surface area contributed by atoms with E-state index >= 15 is 0 Å². The Bertz CT molecular complexity index is 598. The average Bonchev–Trinajstić information content (AvgIpc) is 2.92. The topological polar surface area (TPSA) is 91.4 Å². The number of hydrogen-bond acceptors (Lipinski definition) is 5. The van der Waals surface area contributed by atoms with E-state index in [0.717, 1.165) is 5.56 Å². The Morgan fingerprint density at radius 2 is 2.00 bits per heavy atom. The smallest absolute Gasteiger partial charge is 0.271 e. The quantitative estimate of drug-likeness (QED) is 0.710. The Morgan fingerprint density at radius 1 is 1.27 bits per heavy atom. The van der Waals surface area contributed by atoms with Gasteiger partial charge in [0.25, 0.3) is 5.91 Å². The average molecular weight is 304 g/mol. The molecule has 2 aromatic rings. The third-order valence-corrected chi connectivity index (χ3v) is 3.02.